The molecule has 1 aromatic heterocycles. The minimum atomic E-state index is 0.777. The van der Waals surface area contributed by atoms with Gasteiger partial charge in [0.2, 0.25) is 0 Å². The Hall–Kier alpha value is -2.06. The van der Waals surface area contributed by atoms with Gasteiger partial charge in [-0.15, -0.1) is 0 Å². The maximum Gasteiger partial charge on any atom is 0.138 e. The summed E-state index contributed by atoms with van der Waals surface area (Å²) in [6.45, 7) is 6.09. The molecule has 0 aliphatic carbocycles. The quantitative estimate of drug-likeness (QED) is 0.641. The third kappa shape index (κ3) is 2.55. The van der Waals surface area contributed by atoms with E-state index in [0.717, 1.165) is 46.0 Å². The number of para-hydroxylation sites is 1. The number of hydrogen-bond acceptors (Lipinski definition) is 2. The van der Waals surface area contributed by atoms with Crippen LogP contribution in [0.15, 0.2) is 54.6 Å². The predicted molar refractivity (Wildman–Crippen MR) is 95.8 cm³/mol. The molecule has 0 amide bonds. The van der Waals surface area contributed by atoms with Crippen LogP contribution in [0, 0.1) is 0 Å². The molecule has 3 heteroatoms. The Bertz CT molecular complexity index is 780. The number of hydrogen-bond donors (Lipinski definition) is 0. The third-order valence-corrected chi connectivity index (χ3v) is 4.33. The van der Waals surface area contributed by atoms with Crippen LogP contribution >= 0.6 is 11.6 Å². The van der Waals surface area contributed by atoms with Gasteiger partial charge in [0.15, 0.2) is 0 Å². The van der Waals surface area contributed by atoms with Crippen molar-refractivity contribution in [1.82, 2.24) is 4.98 Å². The highest BCUT2D eigenvalue weighted by Gasteiger charge is 2.18. The lowest BCUT2D eigenvalue weighted by molar-refractivity contribution is 0.851. The van der Waals surface area contributed by atoms with E-state index in [4.69, 9.17) is 16.6 Å². The van der Waals surface area contributed by atoms with Crippen LogP contribution in [0.2, 0.25) is 5.02 Å². The fraction of sp³-hybridized carbons (Fsp3) is 0.211. The second kappa shape index (κ2) is 6.37. The molecule has 0 spiro atoms. The van der Waals surface area contributed by atoms with Gasteiger partial charge in [-0.05, 0) is 25.5 Å². The molecule has 0 saturated heterocycles. The van der Waals surface area contributed by atoms with Gasteiger partial charge in [-0.25, -0.2) is 4.98 Å². The first-order valence-electron chi connectivity index (χ1n) is 7.64. The SMILES string of the molecule is CCN(CC)c1nc2ccccc2c(Cl)c1-c1ccccc1. The molecule has 0 radical (unpaired) electrons. The van der Waals surface area contributed by atoms with Crippen LogP contribution in [0.5, 0.6) is 0 Å². The second-order valence-corrected chi connectivity index (χ2v) is 5.56. The molecule has 0 unspecified atom stereocenters. The molecule has 3 rings (SSSR count). The van der Waals surface area contributed by atoms with Crippen LogP contribution in [-0.2, 0) is 0 Å². The van der Waals surface area contributed by atoms with E-state index < -0.39 is 0 Å². The number of rotatable bonds is 4. The third-order valence-electron chi connectivity index (χ3n) is 3.94. The van der Waals surface area contributed by atoms with Crippen LogP contribution in [0.4, 0.5) is 5.82 Å². The molecule has 0 atom stereocenters. The van der Waals surface area contributed by atoms with Gasteiger partial charge in [0.1, 0.15) is 5.82 Å². The minimum Gasteiger partial charge on any atom is -0.357 e. The van der Waals surface area contributed by atoms with E-state index in [1.807, 2.05) is 42.5 Å². The first-order valence-corrected chi connectivity index (χ1v) is 8.02. The summed E-state index contributed by atoms with van der Waals surface area (Å²) in [6.07, 6.45) is 0. The van der Waals surface area contributed by atoms with E-state index in [2.05, 4.69) is 30.9 Å². The number of nitrogens with zero attached hydrogens (tertiary/aromatic N) is 2. The van der Waals surface area contributed by atoms with Crippen molar-refractivity contribution in [2.75, 3.05) is 18.0 Å². The van der Waals surface area contributed by atoms with Gasteiger partial charge in [0, 0.05) is 24.0 Å². The monoisotopic (exact) mass is 310 g/mol. The molecule has 0 aliphatic rings. The zero-order valence-electron chi connectivity index (χ0n) is 12.9. The average molecular weight is 311 g/mol. The highest BCUT2D eigenvalue weighted by Crippen LogP contribution is 2.39. The maximum absolute atomic E-state index is 6.77. The number of anilines is 1. The minimum absolute atomic E-state index is 0.777. The lowest BCUT2D eigenvalue weighted by Crippen LogP contribution is -2.24. The Morgan fingerprint density at radius 3 is 2.23 bits per heavy atom. The lowest BCUT2D eigenvalue weighted by Gasteiger charge is -2.24. The average Bonchev–Trinajstić information content (AvgIpc) is 2.57. The molecule has 2 nitrogen and oxygen atoms in total. The topological polar surface area (TPSA) is 16.1 Å². The first-order chi connectivity index (χ1) is 10.8. The summed E-state index contributed by atoms with van der Waals surface area (Å²) in [6, 6.07) is 18.3. The van der Waals surface area contributed by atoms with Gasteiger partial charge >= 0.3 is 0 Å². The van der Waals surface area contributed by atoms with Crippen molar-refractivity contribution in [2.45, 2.75) is 13.8 Å². The van der Waals surface area contributed by atoms with Crippen molar-refractivity contribution in [3.8, 4) is 11.1 Å². The van der Waals surface area contributed by atoms with Crippen molar-refractivity contribution in [3.05, 3.63) is 59.6 Å². The fourth-order valence-corrected chi connectivity index (χ4v) is 3.13. The van der Waals surface area contributed by atoms with Gasteiger partial charge in [-0.3, -0.25) is 0 Å². The molecule has 0 fully saturated rings. The number of benzene rings is 2. The van der Waals surface area contributed by atoms with E-state index in [9.17, 15) is 0 Å². The van der Waals surface area contributed by atoms with Gasteiger partial charge in [-0.2, -0.15) is 0 Å². The lowest BCUT2D eigenvalue weighted by atomic mass is 10.0. The molecule has 2 aromatic carbocycles. The Balaban J connectivity index is 2.36. The summed E-state index contributed by atoms with van der Waals surface area (Å²) in [4.78, 5) is 7.15. The van der Waals surface area contributed by atoms with Gasteiger partial charge < -0.3 is 4.90 Å². The summed E-state index contributed by atoms with van der Waals surface area (Å²) in [5.41, 5.74) is 3.06. The van der Waals surface area contributed by atoms with Crippen molar-refractivity contribution >= 4 is 28.3 Å². The summed E-state index contributed by atoms with van der Waals surface area (Å²) in [7, 11) is 0. The largest absolute Gasteiger partial charge is 0.357 e. The summed E-state index contributed by atoms with van der Waals surface area (Å²) in [5.74, 6) is 0.958. The standard InChI is InChI=1S/C19H19ClN2/c1-3-22(4-2)19-17(14-10-6-5-7-11-14)18(20)15-12-8-9-13-16(15)21-19/h5-13H,3-4H2,1-2H3. The van der Waals surface area contributed by atoms with Crippen molar-refractivity contribution in [2.24, 2.45) is 0 Å². The smallest absolute Gasteiger partial charge is 0.138 e. The van der Waals surface area contributed by atoms with E-state index in [0.29, 0.717) is 0 Å². The Kier molecular flexibility index (Phi) is 4.30. The van der Waals surface area contributed by atoms with E-state index >= 15 is 0 Å². The molecule has 0 N–H and O–H groups in total. The predicted octanol–water partition coefficient (Wildman–Crippen LogP) is 5.40. The second-order valence-electron chi connectivity index (χ2n) is 5.18. The number of aromatic nitrogens is 1. The molecule has 0 aliphatic heterocycles. The highest BCUT2D eigenvalue weighted by molar-refractivity contribution is 6.38. The molecule has 3 aromatic rings. The molecule has 22 heavy (non-hydrogen) atoms. The summed E-state index contributed by atoms with van der Waals surface area (Å²) >= 11 is 6.77. The van der Waals surface area contributed by atoms with Crippen LogP contribution < -0.4 is 4.90 Å². The van der Waals surface area contributed by atoms with Gasteiger partial charge in [0.25, 0.3) is 0 Å². The Labute approximate surface area is 136 Å². The van der Waals surface area contributed by atoms with E-state index in [1.54, 1.807) is 0 Å². The first kappa shape index (κ1) is 14.9. The van der Waals surface area contributed by atoms with Crippen LogP contribution in [0.1, 0.15) is 13.8 Å². The highest BCUT2D eigenvalue weighted by atomic mass is 35.5. The molecule has 112 valence electrons. The Morgan fingerprint density at radius 1 is 0.909 bits per heavy atom. The summed E-state index contributed by atoms with van der Waals surface area (Å²) in [5, 5.41) is 1.78. The normalized spacial score (nSPS) is 10.9. The summed E-state index contributed by atoms with van der Waals surface area (Å²) < 4.78 is 0. The van der Waals surface area contributed by atoms with Gasteiger partial charge in [-0.1, -0.05) is 60.1 Å². The van der Waals surface area contributed by atoms with Crippen molar-refractivity contribution < 1.29 is 0 Å². The molecule has 0 saturated carbocycles. The maximum atomic E-state index is 6.77. The van der Waals surface area contributed by atoms with Crippen LogP contribution in [0.25, 0.3) is 22.0 Å². The van der Waals surface area contributed by atoms with Crippen LogP contribution in [0.3, 0.4) is 0 Å². The fourth-order valence-electron chi connectivity index (χ4n) is 2.77. The van der Waals surface area contributed by atoms with E-state index in [1.165, 1.54) is 0 Å². The molecular weight excluding hydrogens is 292 g/mol. The number of fused-ring (bicyclic) bond motifs is 1. The number of halogens is 1. The molecule has 1 heterocycles. The zero-order chi connectivity index (χ0) is 15.5. The molecule has 0 bridgehead atoms. The van der Waals surface area contributed by atoms with Crippen LogP contribution in [-0.4, -0.2) is 18.1 Å². The van der Waals surface area contributed by atoms with Crippen molar-refractivity contribution in [3.63, 3.8) is 0 Å². The van der Waals surface area contributed by atoms with E-state index in [-0.39, 0.29) is 0 Å². The number of pyridine rings is 1. The van der Waals surface area contributed by atoms with Gasteiger partial charge in [0.05, 0.1) is 10.5 Å². The Morgan fingerprint density at radius 2 is 1.55 bits per heavy atom. The van der Waals surface area contributed by atoms with Crippen molar-refractivity contribution in [1.29, 1.82) is 0 Å². The molecular formula is C19H19ClN2. The zero-order valence-corrected chi connectivity index (χ0v) is 13.6.